The Hall–Kier alpha value is 0.200. The van der Waals surface area contributed by atoms with Crippen molar-refractivity contribution in [2.24, 2.45) is 5.92 Å². The van der Waals surface area contributed by atoms with Crippen molar-refractivity contribution in [1.82, 2.24) is 4.72 Å². The maximum absolute atomic E-state index is 11.7. The summed E-state index contributed by atoms with van der Waals surface area (Å²) < 4.78 is 26.1. The molecule has 15 heavy (non-hydrogen) atoms. The van der Waals surface area contributed by atoms with Gasteiger partial charge in [-0.2, -0.15) is 0 Å². The van der Waals surface area contributed by atoms with Gasteiger partial charge in [0.05, 0.1) is 5.75 Å². The van der Waals surface area contributed by atoms with E-state index in [2.05, 4.69) is 4.72 Å². The van der Waals surface area contributed by atoms with Gasteiger partial charge in [-0.3, -0.25) is 0 Å². The molecule has 0 spiro atoms. The highest BCUT2D eigenvalue weighted by atomic mass is 35.5. The fourth-order valence-corrected chi connectivity index (χ4v) is 4.07. The van der Waals surface area contributed by atoms with Crippen LogP contribution < -0.4 is 4.72 Å². The summed E-state index contributed by atoms with van der Waals surface area (Å²) in [5.74, 6) is 0.340. The molecular formula is C10H20ClNO2S. The smallest absolute Gasteiger partial charge is 0.212 e. The Kier molecular flexibility index (Phi) is 4.87. The van der Waals surface area contributed by atoms with Crippen molar-refractivity contribution in [1.29, 1.82) is 0 Å². The Labute approximate surface area is 97.6 Å². The summed E-state index contributed by atoms with van der Waals surface area (Å²) in [6, 6.07) is -0.0656. The van der Waals surface area contributed by atoms with Crippen molar-refractivity contribution in [2.45, 2.75) is 50.9 Å². The molecule has 0 saturated heterocycles. The molecule has 1 fully saturated rings. The Morgan fingerprint density at radius 2 is 1.93 bits per heavy atom. The average molecular weight is 254 g/mol. The Morgan fingerprint density at radius 3 is 2.47 bits per heavy atom. The standard InChI is InChI=1S/C10H20ClNO2S/c1-8(2)7-15(13,14)12-10-6-4-3-5-9(10)11/h8-10,12H,3-7H2,1-2H3. The van der Waals surface area contributed by atoms with E-state index in [0.29, 0.717) is 0 Å². The first-order valence-electron chi connectivity index (χ1n) is 5.55. The number of alkyl halides is 1. The Balaban J connectivity index is 2.52. The fourth-order valence-electron chi connectivity index (χ4n) is 1.94. The SMILES string of the molecule is CC(C)CS(=O)(=O)NC1CCCCC1Cl. The van der Waals surface area contributed by atoms with Gasteiger partial charge in [0.2, 0.25) is 10.0 Å². The van der Waals surface area contributed by atoms with E-state index in [9.17, 15) is 8.42 Å². The first-order chi connectivity index (χ1) is 6.91. The number of sulfonamides is 1. The highest BCUT2D eigenvalue weighted by Crippen LogP contribution is 2.23. The molecule has 0 aromatic carbocycles. The molecule has 1 aliphatic carbocycles. The fraction of sp³-hybridized carbons (Fsp3) is 1.00. The number of halogens is 1. The van der Waals surface area contributed by atoms with Gasteiger partial charge in [-0.15, -0.1) is 11.6 Å². The first kappa shape index (κ1) is 13.3. The molecule has 2 atom stereocenters. The van der Waals surface area contributed by atoms with Gasteiger partial charge >= 0.3 is 0 Å². The van der Waals surface area contributed by atoms with Crippen molar-refractivity contribution >= 4 is 21.6 Å². The van der Waals surface area contributed by atoms with E-state index in [4.69, 9.17) is 11.6 Å². The number of rotatable bonds is 4. The van der Waals surface area contributed by atoms with Crippen LogP contribution in [0.1, 0.15) is 39.5 Å². The molecule has 0 amide bonds. The summed E-state index contributed by atoms with van der Waals surface area (Å²) in [4.78, 5) is 0. The van der Waals surface area contributed by atoms with Crippen LogP contribution in [0.15, 0.2) is 0 Å². The molecule has 0 aromatic rings. The third-order valence-electron chi connectivity index (χ3n) is 2.57. The van der Waals surface area contributed by atoms with Crippen molar-refractivity contribution in [3.63, 3.8) is 0 Å². The molecule has 3 nitrogen and oxygen atoms in total. The highest BCUT2D eigenvalue weighted by Gasteiger charge is 2.27. The summed E-state index contributed by atoms with van der Waals surface area (Å²) >= 11 is 6.10. The molecule has 2 unspecified atom stereocenters. The lowest BCUT2D eigenvalue weighted by Crippen LogP contribution is -2.44. The predicted molar refractivity (Wildman–Crippen MR) is 63.7 cm³/mol. The van der Waals surface area contributed by atoms with Crippen LogP contribution in [0.4, 0.5) is 0 Å². The first-order valence-corrected chi connectivity index (χ1v) is 7.63. The molecule has 0 bridgehead atoms. The van der Waals surface area contributed by atoms with Crippen LogP contribution in [0.5, 0.6) is 0 Å². The Bertz CT molecular complexity index is 290. The monoisotopic (exact) mass is 253 g/mol. The van der Waals surface area contributed by atoms with Crippen LogP contribution >= 0.6 is 11.6 Å². The van der Waals surface area contributed by atoms with Gasteiger partial charge in [-0.25, -0.2) is 13.1 Å². The molecule has 1 aliphatic rings. The van der Waals surface area contributed by atoms with E-state index in [-0.39, 0.29) is 23.1 Å². The maximum Gasteiger partial charge on any atom is 0.212 e. The lowest BCUT2D eigenvalue weighted by molar-refractivity contribution is 0.417. The van der Waals surface area contributed by atoms with Crippen molar-refractivity contribution < 1.29 is 8.42 Å². The molecule has 0 aliphatic heterocycles. The van der Waals surface area contributed by atoms with Crippen molar-refractivity contribution in [2.75, 3.05) is 5.75 Å². The van der Waals surface area contributed by atoms with E-state index >= 15 is 0 Å². The van der Waals surface area contributed by atoms with Gasteiger partial charge in [0, 0.05) is 11.4 Å². The van der Waals surface area contributed by atoms with Gasteiger partial charge in [0.15, 0.2) is 0 Å². The third kappa shape index (κ3) is 4.70. The molecule has 0 heterocycles. The van der Waals surface area contributed by atoms with E-state index in [1.165, 1.54) is 0 Å². The van der Waals surface area contributed by atoms with Crippen LogP contribution in [0.2, 0.25) is 0 Å². The van der Waals surface area contributed by atoms with E-state index in [1.807, 2.05) is 13.8 Å². The number of hydrogen-bond donors (Lipinski definition) is 1. The molecular weight excluding hydrogens is 234 g/mol. The highest BCUT2D eigenvalue weighted by molar-refractivity contribution is 7.89. The quantitative estimate of drug-likeness (QED) is 0.780. The van der Waals surface area contributed by atoms with Crippen LogP contribution in [0, 0.1) is 5.92 Å². The zero-order chi connectivity index (χ0) is 11.5. The topological polar surface area (TPSA) is 46.2 Å². The normalized spacial score (nSPS) is 28.3. The van der Waals surface area contributed by atoms with E-state index in [0.717, 1.165) is 25.7 Å². The van der Waals surface area contributed by atoms with Gasteiger partial charge in [-0.1, -0.05) is 26.7 Å². The largest absolute Gasteiger partial charge is 0.212 e. The zero-order valence-electron chi connectivity index (χ0n) is 9.37. The second kappa shape index (κ2) is 5.51. The van der Waals surface area contributed by atoms with Crippen molar-refractivity contribution in [3.05, 3.63) is 0 Å². The van der Waals surface area contributed by atoms with Gasteiger partial charge in [0.25, 0.3) is 0 Å². The minimum Gasteiger partial charge on any atom is -0.212 e. The molecule has 5 heteroatoms. The van der Waals surface area contributed by atoms with Crippen molar-refractivity contribution in [3.8, 4) is 0 Å². The summed E-state index contributed by atoms with van der Waals surface area (Å²) in [5.41, 5.74) is 0. The Morgan fingerprint density at radius 1 is 1.33 bits per heavy atom. The maximum atomic E-state index is 11.7. The number of nitrogens with one attached hydrogen (secondary N) is 1. The minimum absolute atomic E-state index is 0.0410. The average Bonchev–Trinajstić information content (AvgIpc) is 2.06. The molecule has 1 rings (SSSR count). The van der Waals surface area contributed by atoms with Crippen LogP contribution in [-0.2, 0) is 10.0 Å². The minimum atomic E-state index is -3.15. The van der Waals surface area contributed by atoms with Crippen LogP contribution in [0.25, 0.3) is 0 Å². The van der Waals surface area contributed by atoms with Gasteiger partial charge < -0.3 is 0 Å². The molecule has 0 aromatic heterocycles. The molecule has 90 valence electrons. The lowest BCUT2D eigenvalue weighted by atomic mass is 9.96. The van der Waals surface area contributed by atoms with Gasteiger partial charge in [-0.05, 0) is 18.8 Å². The molecule has 0 radical (unpaired) electrons. The zero-order valence-corrected chi connectivity index (χ0v) is 10.9. The second-order valence-electron chi connectivity index (χ2n) is 4.70. The summed E-state index contributed by atoms with van der Waals surface area (Å²) in [5, 5.41) is -0.0410. The number of hydrogen-bond acceptors (Lipinski definition) is 2. The van der Waals surface area contributed by atoms with Gasteiger partial charge in [0.1, 0.15) is 0 Å². The van der Waals surface area contributed by atoms with Crippen LogP contribution in [-0.4, -0.2) is 25.6 Å². The molecule has 1 N–H and O–H groups in total. The summed E-state index contributed by atoms with van der Waals surface area (Å²) in [6.07, 6.45) is 3.95. The predicted octanol–water partition coefficient (Wildman–Crippen LogP) is 2.11. The van der Waals surface area contributed by atoms with E-state index in [1.54, 1.807) is 0 Å². The summed E-state index contributed by atoms with van der Waals surface area (Å²) in [6.45, 7) is 3.80. The second-order valence-corrected chi connectivity index (χ2v) is 7.06. The van der Waals surface area contributed by atoms with Crippen LogP contribution in [0.3, 0.4) is 0 Å². The lowest BCUT2D eigenvalue weighted by Gasteiger charge is -2.27. The molecule has 1 saturated carbocycles. The van der Waals surface area contributed by atoms with E-state index < -0.39 is 10.0 Å². The third-order valence-corrected chi connectivity index (χ3v) is 4.86. The summed E-state index contributed by atoms with van der Waals surface area (Å²) in [7, 11) is -3.15.